The molecule has 1 aliphatic carbocycles. The lowest BCUT2D eigenvalue weighted by molar-refractivity contribution is -0.114. The molecule has 2 heterocycles. The van der Waals surface area contributed by atoms with E-state index in [1.54, 1.807) is 19.2 Å². The molecule has 1 aliphatic rings. The van der Waals surface area contributed by atoms with Gasteiger partial charge in [0.25, 0.3) is 0 Å². The molecule has 34 heavy (non-hydrogen) atoms. The number of carbonyl (C=O) groups excluding carboxylic acids is 1. The zero-order valence-corrected chi connectivity index (χ0v) is 21.2. The van der Waals surface area contributed by atoms with Crippen LogP contribution in [0, 0.1) is 5.92 Å². The summed E-state index contributed by atoms with van der Waals surface area (Å²) in [6.45, 7) is 0. The molecule has 2 unspecified atom stereocenters. The number of fused-ring (bicyclic) bond motifs is 1. The predicted molar refractivity (Wildman–Crippen MR) is 133 cm³/mol. The summed E-state index contributed by atoms with van der Waals surface area (Å²) >= 11 is 3.53. The van der Waals surface area contributed by atoms with Crippen molar-refractivity contribution in [2.75, 3.05) is 21.3 Å². The van der Waals surface area contributed by atoms with E-state index in [2.05, 4.69) is 20.9 Å². The maximum Gasteiger partial charge on any atom is 0.217 e. The van der Waals surface area contributed by atoms with Gasteiger partial charge in [0.2, 0.25) is 17.6 Å². The normalized spacial score (nSPS) is 16.0. The molecule has 0 amide bonds. The minimum absolute atomic E-state index is 0.113. The van der Waals surface area contributed by atoms with Crippen molar-refractivity contribution >= 4 is 33.1 Å². The van der Waals surface area contributed by atoms with Gasteiger partial charge in [-0.15, -0.1) is 0 Å². The Morgan fingerprint density at radius 2 is 1.79 bits per heavy atom. The molecule has 0 aliphatic heterocycles. The van der Waals surface area contributed by atoms with Gasteiger partial charge in [-0.1, -0.05) is 28.8 Å². The number of carbonyl (C=O) groups is 1. The van der Waals surface area contributed by atoms with Crippen molar-refractivity contribution in [3.05, 3.63) is 52.0 Å². The molecule has 1 aromatic carbocycles. The number of hydrogen-bond donors (Lipinski definition) is 1. The molecule has 3 aromatic rings. The Kier molecular flexibility index (Phi) is 7.38. The van der Waals surface area contributed by atoms with Gasteiger partial charge in [-0.2, -0.15) is 4.98 Å². The van der Waals surface area contributed by atoms with Gasteiger partial charge in [0.1, 0.15) is 11.9 Å². The summed E-state index contributed by atoms with van der Waals surface area (Å²) in [6.07, 6.45) is 4.62. The monoisotopic (exact) mass is 528 g/mol. The van der Waals surface area contributed by atoms with Crippen molar-refractivity contribution < 1.29 is 24.1 Å². The molecule has 0 saturated heterocycles. The van der Waals surface area contributed by atoms with Crippen molar-refractivity contribution in [3.8, 4) is 17.6 Å². The Morgan fingerprint density at radius 1 is 1.09 bits per heavy atom. The SMILES string of the molecule is COc1cc(C(O)(CC=O)C(CCC2CC2)c2cc3cc(Br)ccc3nc2OC)cc(OC)n1. The number of nitrogens with zero attached hydrogens (tertiary/aromatic N) is 2. The van der Waals surface area contributed by atoms with Crippen molar-refractivity contribution in [1.29, 1.82) is 0 Å². The third-order valence-corrected chi connectivity index (χ3v) is 7.06. The van der Waals surface area contributed by atoms with Gasteiger partial charge in [0.15, 0.2) is 0 Å². The first kappa shape index (κ1) is 24.4. The first-order chi connectivity index (χ1) is 16.4. The van der Waals surface area contributed by atoms with Crippen molar-refractivity contribution in [1.82, 2.24) is 9.97 Å². The molecular weight excluding hydrogens is 500 g/mol. The minimum atomic E-state index is -1.55. The second-order valence-electron chi connectivity index (χ2n) is 8.73. The van der Waals surface area contributed by atoms with Gasteiger partial charge in [-0.25, -0.2) is 4.98 Å². The van der Waals surface area contributed by atoms with E-state index in [9.17, 15) is 9.90 Å². The molecule has 0 bridgehead atoms. The molecule has 1 N–H and O–H groups in total. The maximum absolute atomic E-state index is 12.3. The van der Waals surface area contributed by atoms with Gasteiger partial charge in [-0.3, -0.25) is 0 Å². The summed E-state index contributed by atoms with van der Waals surface area (Å²) in [5.74, 6) is 1.21. The number of benzene rings is 1. The number of aldehydes is 1. The number of halogens is 1. The topological polar surface area (TPSA) is 90.8 Å². The summed E-state index contributed by atoms with van der Waals surface area (Å²) in [7, 11) is 4.58. The first-order valence-electron chi connectivity index (χ1n) is 11.3. The molecule has 2 atom stereocenters. The highest BCUT2D eigenvalue weighted by Crippen LogP contribution is 2.48. The Labute approximate surface area is 207 Å². The smallest absolute Gasteiger partial charge is 0.217 e. The summed E-state index contributed by atoms with van der Waals surface area (Å²) in [4.78, 5) is 20.9. The maximum atomic E-state index is 12.3. The lowest BCUT2D eigenvalue weighted by Gasteiger charge is -2.37. The van der Waals surface area contributed by atoms with E-state index in [1.165, 1.54) is 27.1 Å². The van der Waals surface area contributed by atoms with Crippen LogP contribution in [0.25, 0.3) is 10.9 Å². The minimum Gasteiger partial charge on any atom is -0.481 e. The third kappa shape index (κ3) is 5.03. The largest absolute Gasteiger partial charge is 0.481 e. The zero-order valence-electron chi connectivity index (χ0n) is 19.6. The van der Waals surface area contributed by atoms with E-state index in [1.807, 2.05) is 24.3 Å². The zero-order chi connectivity index (χ0) is 24.3. The Balaban J connectivity index is 1.91. The highest BCUT2D eigenvalue weighted by atomic mass is 79.9. The van der Waals surface area contributed by atoms with Gasteiger partial charge >= 0.3 is 0 Å². The molecule has 1 saturated carbocycles. The molecule has 0 spiro atoms. The molecule has 0 radical (unpaired) electrons. The number of pyridine rings is 2. The number of hydrogen-bond acceptors (Lipinski definition) is 7. The highest BCUT2D eigenvalue weighted by Gasteiger charge is 2.42. The second-order valence-corrected chi connectivity index (χ2v) is 9.65. The van der Waals surface area contributed by atoms with E-state index < -0.39 is 11.5 Å². The van der Waals surface area contributed by atoms with Gasteiger partial charge in [0.05, 0.1) is 26.8 Å². The lowest BCUT2D eigenvalue weighted by atomic mass is 9.73. The van der Waals surface area contributed by atoms with Crippen molar-refractivity contribution in [2.24, 2.45) is 5.92 Å². The number of methoxy groups -OCH3 is 3. The lowest BCUT2D eigenvalue weighted by Crippen LogP contribution is -2.35. The summed E-state index contributed by atoms with van der Waals surface area (Å²) < 4.78 is 17.3. The quantitative estimate of drug-likeness (QED) is 0.343. The molecule has 1 fully saturated rings. The molecule has 180 valence electrons. The number of aromatic nitrogens is 2. The van der Waals surface area contributed by atoms with Crippen LogP contribution in [0.1, 0.15) is 49.1 Å². The second kappa shape index (κ2) is 10.3. The Morgan fingerprint density at radius 3 is 2.38 bits per heavy atom. The standard InChI is InChI=1S/C26H29BrN2O5/c1-32-23-14-18(15-24(29-23)33-2)26(31,10-11-30)21(8-6-16-4-5-16)20-13-17-12-19(27)7-9-22(17)28-25(20)34-3/h7,9,11-16,21,31H,4-6,8,10H2,1-3H3. The molecule has 8 heteroatoms. The molecule has 2 aromatic heterocycles. The predicted octanol–water partition coefficient (Wildman–Crippen LogP) is 5.17. The number of rotatable bonds is 11. The summed E-state index contributed by atoms with van der Waals surface area (Å²) in [5.41, 5.74) is 0.499. The first-order valence-corrected chi connectivity index (χ1v) is 12.1. The number of ether oxygens (including phenoxy) is 3. The van der Waals surface area contributed by atoms with Crippen LogP contribution in [-0.2, 0) is 10.4 Å². The van der Waals surface area contributed by atoms with Gasteiger partial charge in [-0.05, 0) is 48.6 Å². The van der Waals surface area contributed by atoms with E-state index >= 15 is 0 Å². The third-order valence-electron chi connectivity index (χ3n) is 6.57. The van der Waals surface area contributed by atoms with Crippen molar-refractivity contribution in [3.63, 3.8) is 0 Å². The average molecular weight is 529 g/mol. The van der Waals surface area contributed by atoms with Crippen LogP contribution < -0.4 is 14.2 Å². The van der Waals surface area contributed by atoms with Crippen LogP contribution in [0.3, 0.4) is 0 Å². The van der Waals surface area contributed by atoms with Crippen LogP contribution in [0.5, 0.6) is 17.6 Å². The van der Waals surface area contributed by atoms with Gasteiger partial charge in [0, 0.05) is 39.9 Å². The number of aliphatic hydroxyl groups is 1. The van der Waals surface area contributed by atoms with Crippen LogP contribution in [0.2, 0.25) is 0 Å². The van der Waals surface area contributed by atoms with E-state index in [0.29, 0.717) is 35.5 Å². The Bertz CT molecular complexity index is 1160. The fourth-order valence-corrected chi connectivity index (χ4v) is 4.93. The fourth-order valence-electron chi connectivity index (χ4n) is 4.55. The van der Waals surface area contributed by atoms with Crippen LogP contribution in [0.4, 0.5) is 0 Å². The van der Waals surface area contributed by atoms with Gasteiger partial charge < -0.3 is 24.1 Å². The summed E-state index contributed by atoms with van der Waals surface area (Å²) in [6, 6.07) is 11.2. The summed E-state index contributed by atoms with van der Waals surface area (Å²) in [5, 5.41) is 13.2. The molecule has 7 nitrogen and oxygen atoms in total. The fraction of sp³-hybridized carbons (Fsp3) is 0.423. The Hall–Kier alpha value is -2.71. The molecular formula is C26H29BrN2O5. The van der Waals surface area contributed by atoms with Crippen molar-refractivity contribution in [2.45, 2.75) is 43.6 Å². The molecule has 4 rings (SSSR count). The van der Waals surface area contributed by atoms with Crippen LogP contribution in [0.15, 0.2) is 40.9 Å². The van der Waals surface area contributed by atoms with E-state index in [4.69, 9.17) is 19.2 Å². The van der Waals surface area contributed by atoms with E-state index in [-0.39, 0.29) is 6.42 Å². The van der Waals surface area contributed by atoms with Crippen LogP contribution >= 0.6 is 15.9 Å². The average Bonchev–Trinajstić information content (AvgIpc) is 3.67. The highest BCUT2D eigenvalue weighted by molar-refractivity contribution is 9.10. The van der Waals surface area contributed by atoms with Crippen LogP contribution in [-0.4, -0.2) is 42.7 Å². The van der Waals surface area contributed by atoms with E-state index in [0.717, 1.165) is 33.6 Å².